The minimum absolute atomic E-state index is 0.0846. The van der Waals surface area contributed by atoms with Crippen LogP contribution in [0.15, 0.2) is 34.4 Å². The Balaban J connectivity index is 1.57. The van der Waals surface area contributed by atoms with E-state index in [0.717, 1.165) is 47.7 Å². The van der Waals surface area contributed by atoms with E-state index in [1.54, 1.807) is 0 Å². The van der Waals surface area contributed by atoms with Crippen molar-refractivity contribution in [3.05, 3.63) is 61.4 Å². The highest BCUT2D eigenvalue weighted by Gasteiger charge is 2.18. The molecule has 3 heterocycles. The highest BCUT2D eigenvalue weighted by Crippen LogP contribution is 2.23. The van der Waals surface area contributed by atoms with Crippen molar-refractivity contribution < 1.29 is 0 Å². The summed E-state index contributed by atoms with van der Waals surface area (Å²) in [5, 5.41) is 3.07. The zero-order valence-electron chi connectivity index (χ0n) is 12.8. The van der Waals surface area contributed by atoms with Gasteiger partial charge in [0.1, 0.15) is 10.5 Å². The normalized spacial score (nSPS) is 15.4. The monoisotopic (exact) mass is 379 g/mol. The van der Waals surface area contributed by atoms with Crippen molar-refractivity contribution >= 4 is 44.8 Å². The molecular formula is C17H15Cl2N3OS. The molecule has 0 amide bonds. The quantitative estimate of drug-likeness (QED) is 0.678. The Morgan fingerprint density at radius 1 is 1.12 bits per heavy atom. The molecule has 124 valence electrons. The molecule has 0 unspecified atom stereocenters. The Bertz CT molecular complexity index is 966. The Morgan fingerprint density at radius 3 is 2.83 bits per heavy atom. The van der Waals surface area contributed by atoms with Gasteiger partial charge in [0.05, 0.1) is 15.6 Å². The third-order valence-corrected chi connectivity index (χ3v) is 5.96. The predicted octanol–water partition coefficient (Wildman–Crippen LogP) is 3.82. The van der Waals surface area contributed by atoms with E-state index in [1.807, 2.05) is 34.2 Å². The van der Waals surface area contributed by atoms with Crippen molar-refractivity contribution in [2.45, 2.75) is 19.5 Å². The summed E-state index contributed by atoms with van der Waals surface area (Å²) >= 11 is 13.5. The van der Waals surface area contributed by atoms with Gasteiger partial charge in [0.25, 0.3) is 5.56 Å². The molecule has 0 saturated carbocycles. The summed E-state index contributed by atoms with van der Waals surface area (Å²) in [6.07, 6.45) is 0.766. The second kappa shape index (κ2) is 6.48. The first-order chi connectivity index (χ1) is 11.6. The number of hydrogen-bond donors (Lipinski definition) is 0. The van der Waals surface area contributed by atoms with Crippen LogP contribution in [0.1, 0.15) is 11.4 Å². The van der Waals surface area contributed by atoms with Crippen LogP contribution >= 0.6 is 34.5 Å². The molecule has 0 aliphatic carbocycles. The largest absolute Gasteiger partial charge is 0.297 e. The smallest absolute Gasteiger partial charge is 0.271 e. The fourth-order valence-electron chi connectivity index (χ4n) is 3.08. The Morgan fingerprint density at radius 2 is 2.00 bits per heavy atom. The summed E-state index contributed by atoms with van der Waals surface area (Å²) in [5.74, 6) is 0.877. The van der Waals surface area contributed by atoms with Crippen LogP contribution in [0.25, 0.3) is 10.2 Å². The zero-order valence-corrected chi connectivity index (χ0v) is 15.2. The van der Waals surface area contributed by atoms with Crippen LogP contribution in [-0.4, -0.2) is 27.5 Å². The number of nitrogens with zero attached hydrogens (tertiary/aromatic N) is 3. The van der Waals surface area contributed by atoms with Gasteiger partial charge >= 0.3 is 0 Å². The van der Waals surface area contributed by atoms with E-state index in [0.29, 0.717) is 16.6 Å². The first-order valence-electron chi connectivity index (χ1n) is 7.75. The van der Waals surface area contributed by atoms with Gasteiger partial charge in [0.15, 0.2) is 0 Å². The maximum absolute atomic E-state index is 12.6. The summed E-state index contributed by atoms with van der Waals surface area (Å²) in [6.45, 7) is 3.12. The molecular weight excluding hydrogens is 365 g/mol. The molecule has 4 nitrogen and oxygen atoms in total. The third kappa shape index (κ3) is 2.97. The molecule has 2 aromatic heterocycles. The fourth-order valence-corrected chi connectivity index (χ4v) is 4.18. The van der Waals surface area contributed by atoms with Crippen molar-refractivity contribution in [1.82, 2.24) is 14.5 Å². The van der Waals surface area contributed by atoms with Crippen LogP contribution in [0, 0.1) is 0 Å². The molecule has 4 rings (SSSR count). The highest BCUT2D eigenvalue weighted by molar-refractivity contribution is 7.17. The van der Waals surface area contributed by atoms with Crippen LogP contribution in [0.2, 0.25) is 10.0 Å². The lowest BCUT2D eigenvalue weighted by Gasteiger charge is -2.19. The van der Waals surface area contributed by atoms with E-state index < -0.39 is 0 Å². The van der Waals surface area contributed by atoms with Crippen LogP contribution in [0.4, 0.5) is 0 Å². The van der Waals surface area contributed by atoms with Crippen LogP contribution in [0.3, 0.4) is 0 Å². The van der Waals surface area contributed by atoms with Gasteiger partial charge in [0.2, 0.25) is 0 Å². The number of halogens is 2. The lowest BCUT2D eigenvalue weighted by Crippen LogP contribution is -2.28. The van der Waals surface area contributed by atoms with E-state index in [1.165, 1.54) is 11.3 Å². The number of benzene rings is 1. The van der Waals surface area contributed by atoms with Crippen molar-refractivity contribution in [1.29, 1.82) is 0 Å². The summed E-state index contributed by atoms with van der Waals surface area (Å²) in [5.41, 5.74) is 2.02. The molecule has 24 heavy (non-hydrogen) atoms. The number of thiophene rings is 1. The number of aromatic nitrogens is 2. The third-order valence-electron chi connectivity index (χ3n) is 4.33. The second-order valence-corrected chi connectivity index (χ2v) is 7.62. The maximum atomic E-state index is 12.6. The van der Waals surface area contributed by atoms with Gasteiger partial charge in [-0.2, -0.15) is 0 Å². The van der Waals surface area contributed by atoms with Gasteiger partial charge in [0, 0.05) is 32.6 Å². The SMILES string of the molecule is O=c1c2sccc2nc2n1CCN(Cc1ccc(Cl)c(Cl)c1)CC2. The minimum atomic E-state index is 0.0846. The highest BCUT2D eigenvalue weighted by atomic mass is 35.5. The Labute approximate surface area is 153 Å². The molecule has 0 N–H and O–H groups in total. The lowest BCUT2D eigenvalue weighted by molar-refractivity contribution is 0.271. The summed E-state index contributed by atoms with van der Waals surface area (Å²) < 4.78 is 2.57. The van der Waals surface area contributed by atoms with Gasteiger partial charge in [-0.3, -0.25) is 14.3 Å². The minimum Gasteiger partial charge on any atom is -0.297 e. The van der Waals surface area contributed by atoms with Gasteiger partial charge in [-0.05, 0) is 29.1 Å². The average molecular weight is 380 g/mol. The molecule has 1 aliphatic heterocycles. The predicted molar refractivity (Wildman–Crippen MR) is 99.3 cm³/mol. The molecule has 0 radical (unpaired) electrons. The van der Waals surface area contributed by atoms with Crippen LogP contribution in [0.5, 0.6) is 0 Å². The summed E-state index contributed by atoms with van der Waals surface area (Å²) in [4.78, 5) is 19.6. The van der Waals surface area contributed by atoms with Crippen molar-refractivity contribution in [3.63, 3.8) is 0 Å². The maximum Gasteiger partial charge on any atom is 0.271 e. The van der Waals surface area contributed by atoms with Crippen molar-refractivity contribution in [2.24, 2.45) is 0 Å². The molecule has 0 spiro atoms. The van der Waals surface area contributed by atoms with E-state index in [9.17, 15) is 4.79 Å². The number of fused-ring (bicyclic) bond motifs is 2. The fraction of sp³-hybridized carbons (Fsp3) is 0.294. The van der Waals surface area contributed by atoms with E-state index in [4.69, 9.17) is 23.2 Å². The molecule has 0 bridgehead atoms. The summed E-state index contributed by atoms with van der Waals surface area (Å²) in [7, 11) is 0. The molecule has 3 aromatic rings. The first-order valence-corrected chi connectivity index (χ1v) is 9.38. The average Bonchev–Trinajstić information content (AvgIpc) is 2.94. The molecule has 1 aromatic carbocycles. The van der Waals surface area contributed by atoms with E-state index in [-0.39, 0.29) is 5.56 Å². The Hall–Kier alpha value is -1.40. The first kappa shape index (κ1) is 16.1. The number of rotatable bonds is 2. The van der Waals surface area contributed by atoms with Gasteiger partial charge in [-0.1, -0.05) is 29.3 Å². The van der Waals surface area contributed by atoms with Gasteiger partial charge in [-0.25, -0.2) is 4.98 Å². The van der Waals surface area contributed by atoms with Crippen molar-refractivity contribution in [2.75, 3.05) is 13.1 Å². The molecule has 1 aliphatic rings. The molecule has 0 fully saturated rings. The molecule has 0 saturated heterocycles. The molecule has 0 atom stereocenters. The molecule has 7 heteroatoms. The van der Waals surface area contributed by atoms with Gasteiger partial charge in [-0.15, -0.1) is 11.3 Å². The summed E-state index contributed by atoms with van der Waals surface area (Å²) in [6, 6.07) is 7.64. The number of hydrogen-bond acceptors (Lipinski definition) is 4. The lowest BCUT2D eigenvalue weighted by atomic mass is 10.2. The second-order valence-electron chi connectivity index (χ2n) is 5.89. The van der Waals surface area contributed by atoms with Gasteiger partial charge < -0.3 is 0 Å². The Kier molecular flexibility index (Phi) is 4.35. The van der Waals surface area contributed by atoms with Crippen LogP contribution < -0.4 is 5.56 Å². The zero-order chi connectivity index (χ0) is 16.7. The van der Waals surface area contributed by atoms with E-state index >= 15 is 0 Å². The van der Waals surface area contributed by atoms with E-state index in [2.05, 4.69) is 9.88 Å². The van der Waals surface area contributed by atoms with Crippen LogP contribution in [-0.2, 0) is 19.5 Å². The van der Waals surface area contributed by atoms with Crippen molar-refractivity contribution in [3.8, 4) is 0 Å². The standard InChI is InChI=1S/C17H15Cl2N3OS/c18-12-2-1-11(9-13(12)19)10-21-5-3-15-20-14-4-8-24-16(14)17(23)22(15)7-6-21/h1-2,4,8-9H,3,5-7,10H2. The topological polar surface area (TPSA) is 38.1 Å².